The van der Waals surface area contributed by atoms with Gasteiger partial charge in [0.2, 0.25) is 10.1 Å². The maximum atomic E-state index is 8.28. The molecule has 0 heterocycles. The van der Waals surface area contributed by atoms with Crippen molar-refractivity contribution in [3.8, 4) is 0 Å². The summed E-state index contributed by atoms with van der Waals surface area (Å²) in [6, 6.07) is 0. The second-order valence-corrected chi connectivity index (χ2v) is 0. The molecule has 30 valence electrons. The second kappa shape index (κ2) is 18.3. The maximum Gasteiger partial charge on any atom is 0.245 e. The van der Waals surface area contributed by atoms with E-state index in [1.54, 1.807) is 0 Å². The molecule has 4 heteroatoms. The number of rotatable bonds is 0. The summed E-state index contributed by atoms with van der Waals surface area (Å²) in [4.78, 5) is 0. The van der Waals surface area contributed by atoms with Gasteiger partial charge < -0.3 is 4.46 Å². The van der Waals surface area contributed by atoms with Crippen molar-refractivity contribution in [2.24, 2.45) is 0 Å². The first-order valence-corrected chi connectivity index (χ1v) is 0.866. The first-order chi connectivity index (χ1) is 1.00. The van der Waals surface area contributed by atoms with Crippen LogP contribution in [0.25, 0.3) is 0 Å². The van der Waals surface area contributed by atoms with Gasteiger partial charge in [-0.2, -0.15) is 0 Å². The normalized spacial score (nSPS) is 1.00. The number of hydrogen-bond donors (Lipinski definition) is 0. The molecule has 0 fully saturated rings. The van der Waals surface area contributed by atoms with Crippen LogP contribution in [-0.2, 0) is 37.2 Å². The fraction of sp³-hybridized carbons (Fsp3) is 0. The Morgan fingerprint density at radius 1 is 1.25 bits per heavy atom. The van der Waals surface area contributed by atoms with E-state index in [1.807, 2.05) is 0 Å². The summed E-state index contributed by atoms with van der Waals surface area (Å²) in [5.41, 5.74) is 0. The summed E-state index contributed by atoms with van der Waals surface area (Å²) in [5.74, 6) is 0. The van der Waals surface area contributed by atoms with Gasteiger partial charge in [-0.15, -0.1) is 0 Å². The smallest absolute Gasteiger partial charge is 0.245 e. The summed E-state index contributed by atoms with van der Waals surface area (Å²) in [6.45, 7) is 0. The van der Waals surface area contributed by atoms with Gasteiger partial charge >= 0.3 is 0 Å². The average Bonchev–Trinajstić information content (AvgIpc) is 1.00. The Morgan fingerprint density at radius 2 is 1.25 bits per heavy atom. The molecule has 0 saturated carbocycles. The Labute approximate surface area is 82.5 Å². The van der Waals surface area contributed by atoms with E-state index in [0.29, 0.717) is 10.1 Å². The molecular weight excluding hydrogens is 308 g/mol. The van der Waals surface area contributed by atoms with Crippen LogP contribution >= 0.6 is 0 Å². The largest absolute Gasteiger partial charge is 0.396 e. The van der Waals surface area contributed by atoms with Gasteiger partial charge in [0.05, 0.1) is 0 Å². The fourth-order valence-corrected chi connectivity index (χ4v) is 0. The minimum Gasteiger partial charge on any atom is -0.396 e. The molecule has 0 N–H and O–H groups in total. The second-order valence-electron chi connectivity index (χ2n) is 0. The Kier molecular flexibility index (Phi) is 74.1. The Morgan fingerprint density at radius 3 is 1.25 bits per heavy atom. The third-order valence-corrected chi connectivity index (χ3v) is 0. The van der Waals surface area contributed by atoms with Gasteiger partial charge in [0.25, 0.3) is 0 Å². The van der Waals surface area contributed by atoms with Crippen LogP contribution in [0, 0.1) is 36.9 Å². The van der Waals surface area contributed by atoms with E-state index in [1.165, 1.54) is 0 Å². The molecular formula is H2LuOSiY. The van der Waals surface area contributed by atoms with Crippen molar-refractivity contribution < 1.29 is 74.0 Å². The van der Waals surface area contributed by atoms with Crippen molar-refractivity contribution in [2.45, 2.75) is 0 Å². The molecule has 0 aliphatic rings. The van der Waals surface area contributed by atoms with Gasteiger partial charge in [-0.05, 0) is 0 Å². The number of hydrogen-bond acceptors (Lipinski definition) is 1. The van der Waals surface area contributed by atoms with Crippen LogP contribution < -0.4 is 0 Å². The standard InChI is InChI=1S/Lu.H2OSi.Y/c;1-2;/h;2H2;. The van der Waals surface area contributed by atoms with Gasteiger partial charge in [-0.1, -0.05) is 0 Å². The van der Waals surface area contributed by atoms with E-state index < -0.39 is 0 Å². The predicted octanol–water partition coefficient (Wildman–Crippen LogP) is -1.04. The molecule has 2 radical (unpaired) electrons. The van der Waals surface area contributed by atoms with Crippen LogP contribution in [0.1, 0.15) is 0 Å². The van der Waals surface area contributed by atoms with Crippen molar-refractivity contribution >= 4 is 10.1 Å². The molecule has 0 aliphatic carbocycles. The van der Waals surface area contributed by atoms with Crippen molar-refractivity contribution in [2.75, 3.05) is 0 Å². The molecule has 4 heavy (non-hydrogen) atoms. The molecule has 0 amide bonds. The van der Waals surface area contributed by atoms with E-state index >= 15 is 0 Å². The molecule has 0 aromatic carbocycles. The first-order valence-electron chi connectivity index (χ1n) is 0.289. The SMILES string of the molecule is O=[SiH2].[Lu].[Y]. The molecule has 0 saturated heterocycles. The summed E-state index contributed by atoms with van der Waals surface area (Å²) < 4.78 is 8.28. The Bertz CT molecular complexity index is 8.00. The van der Waals surface area contributed by atoms with Gasteiger partial charge in [0.15, 0.2) is 0 Å². The van der Waals surface area contributed by atoms with Crippen LogP contribution in [0.4, 0.5) is 0 Å². The van der Waals surface area contributed by atoms with Gasteiger partial charge in [-0.25, -0.2) is 0 Å². The van der Waals surface area contributed by atoms with Crippen molar-refractivity contribution in [3.63, 3.8) is 0 Å². The third-order valence-electron chi connectivity index (χ3n) is 0. The van der Waals surface area contributed by atoms with E-state index in [2.05, 4.69) is 0 Å². The van der Waals surface area contributed by atoms with Crippen LogP contribution in [0.3, 0.4) is 0 Å². The molecule has 0 aliphatic heterocycles. The van der Waals surface area contributed by atoms with Crippen LogP contribution in [0.15, 0.2) is 0 Å². The zero-order chi connectivity index (χ0) is 2.00. The van der Waals surface area contributed by atoms with Crippen molar-refractivity contribution in [1.82, 2.24) is 0 Å². The monoisotopic (exact) mass is 310 g/mol. The Hall–Kier alpha value is 2.35. The molecule has 1 nitrogen and oxygen atoms in total. The van der Waals surface area contributed by atoms with Crippen LogP contribution in [0.5, 0.6) is 0 Å². The summed E-state index contributed by atoms with van der Waals surface area (Å²) in [7, 11) is 0.611. The molecule has 0 aromatic heterocycles. The van der Waals surface area contributed by atoms with Crippen molar-refractivity contribution in [1.29, 1.82) is 0 Å². The van der Waals surface area contributed by atoms with E-state index in [-0.39, 0.29) is 69.6 Å². The van der Waals surface area contributed by atoms with Crippen LogP contribution in [-0.4, -0.2) is 10.1 Å². The molecule has 0 rings (SSSR count). The topological polar surface area (TPSA) is 17.1 Å². The third kappa shape index (κ3) is 8.84. The van der Waals surface area contributed by atoms with E-state index in [4.69, 9.17) is 4.46 Å². The molecule has 0 bridgehead atoms. The van der Waals surface area contributed by atoms with Crippen molar-refractivity contribution in [3.05, 3.63) is 0 Å². The van der Waals surface area contributed by atoms with Crippen LogP contribution in [0.2, 0.25) is 0 Å². The fourth-order valence-electron chi connectivity index (χ4n) is 0. The predicted molar refractivity (Wildman–Crippen MR) is 9.23 cm³/mol. The molecule has 0 spiro atoms. The summed E-state index contributed by atoms with van der Waals surface area (Å²) in [6.07, 6.45) is 0. The summed E-state index contributed by atoms with van der Waals surface area (Å²) >= 11 is 0. The average molecular weight is 310 g/mol. The zero-order valence-corrected chi connectivity index (χ0v) is 7.86. The van der Waals surface area contributed by atoms with Gasteiger partial charge in [0.1, 0.15) is 0 Å². The van der Waals surface area contributed by atoms with Gasteiger partial charge in [0, 0.05) is 69.6 Å². The molecule has 0 unspecified atom stereocenters. The van der Waals surface area contributed by atoms with E-state index in [9.17, 15) is 0 Å². The summed E-state index contributed by atoms with van der Waals surface area (Å²) in [5, 5.41) is 0. The Balaban J connectivity index is -0.00000000500. The molecule has 0 aromatic rings. The van der Waals surface area contributed by atoms with E-state index in [0.717, 1.165) is 0 Å². The maximum absolute atomic E-state index is 8.28. The quantitative estimate of drug-likeness (QED) is 0.523. The zero-order valence-electron chi connectivity index (χ0n) is 1.95. The molecule has 0 atom stereocenters. The minimum atomic E-state index is 0. The minimum absolute atomic E-state index is 0. The first kappa shape index (κ1) is 16.2. The van der Waals surface area contributed by atoms with Gasteiger partial charge in [-0.3, -0.25) is 0 Å².